The normalized spacial score (nSPS) is 10.4. The fourth-order valence-electron chi connectivity index (χ4n) is 1.57. The summed E-state index contributed by atoms with van der Waals surface area (Å²) in [6, 6.07) is 1.88. The van der Waals surface area contributed by atoms with Crippen molar-refractivity contribution >= 4 is 23.1 Å². The zero-order chi connectivity index (χ0) is 13.8. The van der Waals surface area contributed by atoms with Crippen LogP contribution in [0.2, 0.25) is 5.28 Å². The minimum absolute atomic E-state index is 0.0337. The van der Waals surface area contributed by atoms with Gasteiger partial charge < -0.3 is 5.32 Å². The van der Waals surface area contributed by atoms with Crippen LogP contribution in [0.3, 0.4) is 0 Å². The van der Waals surface area contributed by atoms with Crippen molar-refractivity contribution in [3.05, 3.63) is 39.6 Å². The Hall–Kier alpha value is -2.22. The molecule has 0 amide bonds. The van der Waals surface area contributed by atoms with Crippen LogP contribution in [0.25, 0.3) is 0 Å². The van der Waals surface area contributed by atoms with Crippen molar-refractivity contribution in [2.24, 2.45) is 7.05 Å². The fourth-order valence-corrected chi connectivity index (χ4v) is 1.71. The third-order valence-corrected chi connectivity index (χ3v) is 2.71. The van der Waals surface area contributed by atoms with Crippen LogP contribution in [-0.4, -0.2) is 31.2 Å². The monoisotopic (exact) mass is 282 g/mol. The predicted octanol–water partition coefficient (Wildman–Crippen LogP) is 1.43. The van der Waals surface area contributed by atoms with Crippen LogP contribution in [0.15, 0.2) is 18.5 Å². The first-order chi connectivity index (χ1) is 9.08. The molecule has 0 aliphatic heterocycles. The van der Waals surface area contributed by atoms with Crippen molar-refractivity contribution in [2.75, 3.05) is 11.9 Å². The largest absolute Gasteiger partial charge is 0.364 e. The Labute approximate surface area is 113 Å². The van der Waals surface area contributed by atoms with Gasteiger partial charge in [-0.2, -0.15) is 10.1 Å². The molecule has 19 heavy (non-hydrogen) atoms. The van der Waals surface area contributed by atoms with E-state index in [2.05, 4.69) is 20.4 Å². The maximum Gasteiger partial charge on any atom is 0.329 e. The molecule has 9 heteroatoms. The summed E-state index contributed by atoms with van der Waals surface area (Å²) >= 11 is 5.63. The molecule has 0 atom stereocenters. The summed E-state index contributed by atoms with van der Waals surface area (Å²) in [7, 11) is 1.83. The number of anilines is 1. The van der Waals surface area contributed by atoms with Gasteiger partial charge in [-0.05, 0) is 17.7 Å². The van der Waals surface area contributed by atoms with Gasteiger partial charge in [-0.1, -0.05) is 0 Å². The molecule has 0 saturated carbocycles. The second-order valence-electron chi connectivity index (χ2n) is 3.75. The maximum atomic E-state index is 10.8. The van der Waals surface area contributed by atoms with Crippen LogP contribution in [0.5, 0.6) is 0 Å². The summed E-state index contributed by atoms with van der Waals surface area (Å²) in [5.74, 6) is 0.118. The lowest BCUT2D eigenvalue weighted by Gasteiger charge is -2.06. The SMILES string of the molecule is Cn1nccc1CCNc1nc(Cl)ncc1[N+](=O)[O-]. The van der Waals surface area contributed by atoms with Crippen molar-refractivity contribution in [1.82, 2.24) is 19.7 Å². The van der Waals surface area contributed by atoms with E-state index in [1.807, 2.05) is 13.1 Å². The van der Waals surface area contributed by atoms with Crippen molar-refractivity contribution in [2.45, 2.75) is 6.42 Å². The van der Waals surface area contributed by atoms with Crippen LogP contribution in [-0.2, 0) is 13.5 Å². The van der Waals surface area contributed by atoms with E-state index in [1.54, 1.807) is 10.9 Å². The molecule has 0 bridgehead atoms. The van der Waals surface area contributed by atoms with E-state index in [9.17, 15) is 10.1 Å². The number of hydrogen-bond acceptors (Lipinski definition) is 6. The van der Waals surface area contributed by atoms with Crippen LogP contribution in [0, 0.1) is 10.1 Å². The summed E-state index contributed by atoms with van der Waals surface area (Å²) < 4.78 is 1.74. The van der Waals surface area contributed by atoms with E-state index in [0.29, 0.717) is 13.0 Å². The lowest BCUT2D eigenvalue weighted by molar-refractivity contribution is -0.384. The van der Waals surface area contributed by atoms with E-state index in [4.69, 9.17) is 11.6 Å². The van der Waals surface area contributed by atoms with Gasteiger partial charge in [0.15, 0.2) is 0 Å². The summed E-state index contributed by atoms with van der Waals surface area (Å²) in [6.45, 7) is 0.480. The van der Waals surface area contributed by atoms with Gasteiger partial charge >= 0.3 is 5.69 Å². The molecule has 0 spiro atoms. The molecule has 0 aromatic carbocycles. The Bertz CT molecular complexity index is 599. The predicted molar refractivity (Wildman–Crippen MR) is 69.1 cm³/mol. The van der Waals surface area contributed by atoms with E-state index in [0.717, 1.165) is 11.9 Å². The average Bonchev–Trinajstić information content (AvgIpc) is 2.75. The molecule has 2 aromatic rings. The highest BCUT2D eigenvalue weighted by Crippen LogP contribution is 2.21. The Morgan fingerprint density at radius 2 is 2.37 bits per heavy atom. The van der Waals surface area contributed by atoms with E-state index < -0.39 is 4.92 Å². The quantitative estimate of drug-likeness (QED) is 0.506. The molecule has 0 saturated heterocycles. The van der Waals surface area contributed by atoms with Gasteiger partial charge in [0, 0.05) is 31.9 Å². The second kappa shape index (κ2) is 5.61. The number of nitro groups is 1. The molecular formula is C10H11ClN6O2. The maximum absolute atomic E-state index is 10.8. The molecule has 0 radical (unpaired) electrons. The van der Waals surface area contributed by atoms with Crippen LogP contribution in [0.1, 0.15) is 5.69 Å². The zero-order valence-corrected chi connectivity index (χ0v) is 10.8. The molecule has 0 aliphatic rings. The van der Waals surface area contributed by atoms with Gasteiger partial charge in [0.25, 0.3) is 0 Å². The summed E-state index contributed by atoms with van der Waals surface area (Å²) in [5, 5.41) is 17.7. The number of aryl methyl sites for hydroxylation is 1. The van der Waals surface area contributed by atoms with Gasteiger partial charge in [0.1, 0.15) is 6.20 Å². The molecule has 2 heterocycles. The number of halogens is 1. The third kappa shape index (κ3) is 3.16. The van der Waals surface area contributed by atoms with Crippen LogP contribution in [0.4, 0.5) is 11.5 Å². The average molecular weight is 283 g/mol. The highest BCUT2D eigenvalue weighted by molar-refractivity contribution is 6.28. The molecule has 2 aromatic heterocycles. The van der Waals surface area contributed by atoms with Gasteiger partial charge in [0.05, 0.1) is 4.92 Å². The van der Waals surface area contributed by atoms with Crippen LogP contribution >= 0.6 is 11.6 Å². The van der Waals surface area contributed by atoms with E-state index in [1.165, 1.54) is 0 Å². The number of nitrogens with zero attached hydrogens (tertiary/aromatic N) is 5. The van der Waals surface area contributed by atoms with Crippen molar-refractivity contribution in [3.63, 3.8) is 0 Å². The van der Waals surface area contributed by atoms with Crippen molar-refractivity contribution in [1.29, 1.82) is 0 Å². The Morgan fingerprint density at radius 1 is 1.58 bits per heavy atom. The lowest BCUT2D eigenvalue weighted by Crippen LogP contribution is -2.11. The molecular weight excluding hydrogens is 272 g/mol. The number of aromatic nitrogens is 4. The van der Waals surface area contributed by atoms with Crippen LogP contribution < -0.4 is 5.32 Å². The fraction of sp³-hybridized carbons (Fsp3) is 0.300. The third-order valence-electron chi connectivity index (χ3n) is 2.53. The van der Waals surface area contributed by atoms with Gasteiger partial charge in [0.2, 0.25) is 11.1 Å². The lowest BCUT2D eigenvalue weighted by atomic mass is 10.3. The highest BCUT2D eigenvalue weighted by atomic mass is 35.5. The van der Waals surface area contributed by atoms with Gasteiger partial charge in [-0.25, -0.2) is 4.98 Å². The highest BCUT2D eigenvalue weighted by Gasteiger charge is 2.16. The standard InChI is InChI=1S/C10H11ClN6O2/c1-16-7(3-5-14-16)2-4-12-9-8(17(18)19)6-13-10(11)15-9/h3,5-6H,2,4H2,1H3,(H,12,13,15). The second-order valence-corrected chi connectivity index (χ2v) is 4.09. The first-order valence-electron chi connectivity index (χ1n) is 5.45. The molecule has 1 N–H and O–H groups in total. The number of nitrogens with one attached hydrogen (secondary N) is 1. The van der Waals surface area contributed by atoms with E-state index >= 15 is 0 Å². The smallest absolute Gasteiger partial charge is 0.329 e. The Kier molecular flexibility index (Phi) is 3.91. The molecule has 0 unspecified atom stereocenters. The topological polar surface area (TPSA) is 98.8 Å². The van der Waals surface area contributed by atoms with Gasteiger partial charge in [-0.3, -0.25) is 14.8 Å². The Balaban J connectivity index is 2.05. The molecule has 8 nitrogen and oxygen atoms in total. The molecule has 0 fully saturated rings. The molecule has 0 aliphatic carbocycles. The van der Waals surface area contributed by atoms with E-state index in [-0.39, 0.29) is 16.8 Å². The number of rotatable bonds is 5. The van der Waals surface area contributed by atoms with Gasteiger partial charge in [-0.15, -0.1) is 0 Å². The van der Waals surface area contributed by atoms with Crippen molar-refractivity contribution < 1.29 is 4.92 Å². The minimum Gasteiger partial charge on any atom is -0.364 e. The number of hydrogen-bond donors (Lipinski definition) is 1. The Morgan fingerprint density at radius 3 is 3.00 bits per heavy atom. The first-order valence-corrected chi connectivity index (χ1v) is 5.83. The summed E-state index contributed by atoms with van der Waals surface area (Å²) in [5.41, 5.74) is 0.810. The molecule has 2 rings (SSSR count). The summed E-state index contributed by atoms with van der Waals surface area (Å²) in [4.78, 5) is 17.7. The zero-order valence-electron chi connectivity index (χ0n) is 10.1. The van der Waals surface area contributed by atoms with Crippen molar-refractivity contribution in [3.8, 4) is 0 Å². The first kappa shape index (κ1) is 13.2. The summed E-state index contributed by atoms with van der Waals surface area (Å²) in [6.07, 6.45) is 3.44. The minimum atomic E-state index is -0.553. The molecule has 100 valence electrons.